The quantitative estimate of drug-likeness (QED) is 0.687. The third-order valence-corrected chi connectivity index (χ3v) is 1.94. The number of aromatic nitrogens is 1. The molecule has 0 unspecified atom stereocenters. The standard InChI is InChI=1S/C8H11ClN2/c1-2-6-3-7(4-10)8(9)11-5-6/h3,5H,2,4,10H2,1H3. The Balaban J connectivity index is 3.02. The van der Waals surface area contributed by atoms with Crippen LogP contribution in [0.4, 0.5) is 0 Å². The van der Waals surface area contributed by atoms with E-state index >= 15 is 0 Å². The minimum Gasteiger partial charge on any atom is -0.326 e. The predicted octanol–water partition coefficient (Wildman–Crippen LogP) is 1.76. The van der Waals surface area contributed by atoms with Crippen LogP contribution in [0.3, 0.4) is 0 Å². The second-order valence-electron chi connectivity index (χ2n) is 2.35. The molecular weight excluding hydrogens is 160 g/mol. The maximum atomic E-state index is 5.76. The molecule has 1 heterocycles. The van der Waals surface area contributed by atoms with Gasteiger partial charge in [-0.05, 0) is 18.1 Å². The highest BCUT2D eigenvalue weighted by Crippen LogP contribution is 2.13. The van der Waals surface area contributed by atoms with Gasteiger partial charge in [-0.15, -0.1) is 0 Å². The van der Waals surface area contributed by atoms with Crippen LogP contribution in [0.2, 0.25) is 5.15 Å². The van der Waals surface area contributed by atoms with E-state index in [9.17, 15) is 0 Å². The van der Waals surface area contributed by atoms with E-state index in [1.807, 2.05) is 6.07 Å². The number of rotatable bonds is 2. The van der Waals surface area contributed by atoms with Gasteiger partial charge in [0.05, 0.1) is 0 Å². The summed E-state index contributed by atoms with van der Waals surface area (Å²) in [6.07, 6.45) is 2.75. The van der Waals surface area contributed by atoms with E-state index in [4.69, 9.17) is 17.3 Å². The molecule has 0 aromatic carbocycles. The van der Waals surface area contributed by atoms with Crippen LogP contribution < -0.4 is 5.73 Å². The SMILES string of the molecule is CCc1cnc(Cl)c(CN)c1. The highest BCUT2D eigenvalue weighted by molar-refractivity contribution is 6.30. The second kappa shape index (κ2) is 3.69. The van der Waals surface area contributed by atoms with E-state index in [0.717, 1.165) is 12.0 Å². The molecule has 0 radical (unpaired) electrons. The molecule has 0 aliphatic rings. The van der Waals surface area contributed by atoms with E-state index in [-0.39, 0.29) is 0 Å². The van der Waals surface area contributed by atoms with Gasteiger partial charge in [-0.3, -0.25) is 0 Å². The lowest BCUT2D eigenvalue weighted by Gasteiger charge is -2.01. The zero-order chi connectivity index (χ0) is 8.27. The van der Waals surface area contributed by atoms with E-state index in [2.05, 4.69) is 11.9 Å². The molecule has 2 nitrogen and oxygen atoms in total. The van der Waals surface area contributed by atoms with Gasteiger partial charge in [0, 0.05) is 18.3 Å². The number of nitrogens with two attached hydrogens (primary N) is 1. The highest BCUT2D eigenvalue weighted by Gasteiger charge is 1.99. The molecule has 0 aliphatic heterocycles. The monoisotopic (exact) mass is 170 g/mol. The van der Waals surface area contributed by atoms with Crippen LogP contribution in [0.25, 0.3) is 0 Å². The zero-order valence-corrected chi connectivity index (χ0v) is 7.23. The first kappa shape index (κ1) is 8.50. The van der Waals surface area contributed by atoms with Crippen LogP contribution in [-0.4, -0.2) is 4.98 Å². The Morgan fingerprint density at radius 3 is 2.91 bits per heavy atom. The summed E-state index contributed by atoms with van der Waals surface area (Å²) in [5, 5.41) is 0.518. The minimum atomic E-state index is 0.458. The van der Waals surface area contributed by atoms with Gasteiger partial charge >= 0.3 is 0 Å². The Hall–Kier alpha value is -0.600. The average molecular weight is 171 g/mol. The van der Waals surface area contributed by atoms with Gasteiger partial charge in [0.15, 0.2) is 0 Å². The third kappa shape index (κ3) is 1.91. The highest BCUT2D eigenvalue weighted by atomic mass is 35.5. The Morgan fingerprint density at radius 1 is 1.64 bits per heavy atom. The van der Waals surface area contributed by atoms with Crippen molar-refractivity contribution in [2.24, 2.45) is 5.73 Å². The van der Waals surface area contributed by atoms with Gasteiger partial charge in [-0.25, -0.2) is 4.98 Å². The van der Waals surface area contributed by atoms with Gasteiger partial charge in [0.2, 0.25) is 0 Å². The van der Waals surface area contributed by atoms with Gasteiger partial charge in [0.1, 0.15) is 5.15 Å². The smallest absolute Gasteiger partial charge is 0.133 e. The second-order valence-corrected chi connectivity index (χ2v) is 2.71. The Labute approximate surface area is 71.4 Å². The van der Waals surface area contributed by atoms with Crippen LogP contribution in [-0.2, 0) is 13.0 Å². The molecule has 1 rings (SSSR count). The van der Waals surface area contributed by atoms with Crippen LogP contribution in [0, 0.1) is 0 Å². The maximum Gasteiger partial charge on any atom is 0.133 e. The number of pyridine rings is 1. The number of aryl methyl sites for hydroxylation is 1. The molecular formula is C8H11ClN2. The lowest BCUT2D eigenvalue weighted by molar-refractivity contribution is 1.01. The van der Waals surface area contributed by atoms with Gasteiger partial charge in [-0.1, -0.05) is 18.5 Å². The van der Waals surface area contributed by atoms with Crippen molar-refractivity contribution in [1.29, 1.82) is 0 Å². The summed E-state index contributed by atoms with van der Waals surface area (Å²) in [5.74, 6) is 0. The van der Waals surface area contributed by atoms with Crippen molar-refractivity contribution < 1.29 is 0 Å². The van der Waals surface area contributed by atoms with Crippen LogP contribution in [0.15, 0.2) is 12.3 Å². The lowest BCUT2D eigenvalue weighted by atomic mass is 10.2. The summed E-state index contributed by atoms with van der Waals surface area (Å²) in [6, 6.07) is 2.00. The number of hydrogen-bond donors (Lipinski definition) is 1. The fourth-order valence-corrected chi connectivity index (χ4v) is 1.06. The van der Waals surface area contributed by atoms with Gasteiger partial charge < -0.3 is 5.73 Å². The lowest BCUT2D eigenvalue weighted by Crippen LogP contribution is -1.99. The molecule has 0 bridgehead atoms. The van der Waals surface area contributed by atoms with Crippen LogP contribution in [0.5, 0.6) is 0 Å². The molecule has 0 spiro atoms. The van der Waals surface area contributed by atoms with Crippen molar-refractivity contribution in [1.82, 2.24) is 4.98 Å². The van der Waals surface area contributed by atoms with E-state index in [0.29, 0.717) is 11.7 Å². The average Bonchev–Trinajstić information content (AvgIpc) is 2.05. The van der Waals surface area contributed by atoms with Crippen molar-refractivity contribution in [3.8, 4) is 0 Å². The van der Waals surface area contributed by atoms with E-state index in [1.165, 1.54) is 5.56 Å². The fourth-order valence-electron chi connectivity index (χ4n) is 0.880. The molecule has 2 N–H and O–H groups in total. The summed E-state index contributed by atoms with van der Waals surface area (Å²) in [4.78, 5) is 4.01. The van der Waals surface area contributed by atoms with E-state index in [1.54, 1.807) is 6.20 Å². The molecule has 0 aliphatic carbocycles. The molecule has 0 fully saturated rings. The van der Waals surface area contributed by atoms with Crippen molar-refractivity contribution in [2.75, 3.05) is 0 Å². The number of nitrogens with zero attached hydrogens (tertiary/aromatic N) is 1. The summed E-state index contributed by atoms with van der Waals surface area (Å²) < 4.78 is 0. The molecule has 3 heteroatoms. The molecule has 1 aromatic rings. The fraction of sp³-hybridized carbons (Fsp3) is 0.375. The van der Waals surface area contributed by atoms with Crippen LogP contribution >= 0.6 is 11.6 Å². The van der Waals surface area contributed by atoms with Crippen LogP contribution in [0.1, 0.15) is 18.1 Å². The summed E-state index contributed by atoms with van der Waals surface area (Å²) in [6.45, 7) is 2.53. The zero-order valence-electron chi connectivity index (χ0n) is 6.47. The number of hydrogen-bond acceptors (Lipinski definition) is 2. The van der Waals surface area contributed by atoms with Gasteiger partial charge in [-0.2, -0.15) is 0 Å². The summed E-state index contributed by atoms with van der Waals surface area (Å²) in [5.41, 5.74) is 7.55. The third-order valence-electron chi connectivity index (χ3n) is 1.60. The van der Waals surface area contributed by atoms with Gasteiger partial charge in [0.25, 0.3) is 0 Å². The first-order valence-electron chi connectivity index (χ1n) is 3.61. The Kier molecular flexibility index (Phi) is 2.85. The minimum absolute atomic E-state index is 0.458. The molecule has 0 saturated heterocycles. The molecule has 0 atom stereocenters. The largest absolute Gasteiger partial charge is 0.326 e. The predicted molar refractivity (Wildman–Crippen MR) is 46.5 cm³/mol. The van der Waals surface area contributed by atoms with Crippen molar-refractivity contribution >= 4 is 11.6 Å². The normalized spacial score (nSPS) is 10.1. The molecule has 0 amide bonds. The molecule has 11 heavy (non-hydrogen) atoms. The van der Waals surface area contributed by atoms with Crippen molar-refractivity contribution in [3.05, 3.63) is 28.5 Å². The van der Waals surface area contributed by atoms with Crippen molar-refractivity contribution in [3.63, 3.8) is 0 Å². The van der Waals surface area contributed by atoms with Crippen molar-refractivity contribution in [2.45, 2.75) is 19.9 Å². The topological polar surface area (TPSA) is 38.9 Å². The Morgan fingerprint density at radius 2 is 2.36 bits per heavy atom. The summed E-state index contributed by atoms with van der Waals surface area (Å²) >= 11 is 5.76. The summed E-state index contributed by atoms with van der Waals surface area (Å²) in [7, 11) is 0. The molecule has 1 aromatic heterocycles. The first-order chi connectivity index (χ1) is 5.27. The maximum absolute atomic E-state index is 5.76. The van der Waals surface area contributed by atoms with E-state index < -0.39 is 0 Å². The molecule has 60 valence electrons. The molecule has 0 saturated carbocycles. The first-order valence-corrected chi connectivity index (χ1v) is 3.99. The number of halogens is 1. The Bertz CT molecular complexity index is 248.